The Morgan fingerprint density at radius 3 is 2.33 bits per heavy atom. The van der Waals surface area contributed by atoms with Crippen LogP contribution in [0, 0.1) is 5.92 Å². The molecule has 1 amide bonds. The molecule has 8 heteroatoms. The van der Waals surface area contributed by atoms with E-state index < -0.39 is 18.4 Å². The normalized spacial score (nSPS) is 10.6. The molecule has 0 saturated heterocycles. The molecule has 0 fully saturated rings. The molecule has 0 saturated carbocycles. The first-order valence-corrected chi connectivity index (χ1v) is 10.5. The van der Waals surface area contributed by atoms with Crippen LogP contribution in [0.5, 0.6) is 0 Å². The van der Waals surface area contributed by atoms with Crippen LogP contribution in [-0.2, 0) is 16.1 Å². The number of esters is 1. The van der Waals surface area contributed by atoms with Gasteiger partial charge in [-0.3, -0.25) is 14.4 Å². The summed E-state index contributed by atoms with van der Waals surface area (Å²) in [6, 6.07) is 18.1. The highest BCUT2D eigenvalue weighted by Crippen LogP contribution is 2.12. The van der Waals surface area contributed by atoms with Crippen LogP contribution in [0.2, 0.25) is 0 Å². The van der Waals surface area contributed by atoms with Crippen LogP contribution in [0.1, 0.15) is 46.7 Å². The predicted molar refractivity (Wildman–Crippen MR) is 123 cm³/mol. The maximum absolute atomic E-state index is 12.4. The fourth-order valence-corrected chi connectivity index (χ4v) is 3.04. The number of ketones is 1. The van der Waals surface area contributed by atoms with Crippen molar-refractivity contribution in [3.63, 3.8) is 0 Å². The zero-order valence-electron chi connectivity index (χ0n) is 18.5. The van der Waals surface area contributed by atoms with Crippen molar-refractivity contribution in [1.29, 1.82) is 0 Å². The maximum Gasteiger partial charge on any atom is 0.359 e. The molecule has 3 aromatic rings. The first-order valence-electron chi connectivity index (χ1n) is 10.5. The van der Waals surface area contributed by atoms with Crippen molar-refractivity contribution in [3.8, 4) is 0 Å². The summed E-state index contributed by atoms with van der Waals surface area (Å²) >= 11 is 0. The summed E-state index contributed by atoms with van der Waals surface area (Å²) in [6.07, 6.45) is 0.406. The molecule has 1 aromatic heterocycles. The zero-order valence-corrected chi connectivity index (χ0v) is 18.5. The van der Waals surface area contributed by atoms with E-state index in [1.54, 1.807) is 24.3 Å². The Morgan fingerprint density at radius 1 is 0.970 bits per heavy atom. The lowest BCUT2D eigenvalue weighted by Gasteiger charge is -2.09. The summed E-state index contributed by atoms with van der Waals surface area (Å²) in [7, 11) is 0. The lowest BCUT2D eigenvalue weighted by molar-refractivity contribution is -0.116. The molecular weight excluding hydrogens is 422 g/mol. The van der Waals surface area contributed by atoms with Gasteiger partial charge in [-0.2, -0.15) is 5.10 Å². The summed E-state index contributed by atoms with van der Waals surface area (Å²) in [5.41, 5.74) is 1.36. The fraction of sp³-hybridized carbons (Fsp3) is 0.240. The number of benzene rings is 2. The number of aromatic nitrogens is 2. The fourth-order valence-electron chi connectivity index (χ4n) is 3.04. The van der Waals surface area contributed by atoms with Gasteiger partial charge in [-0.1, -0.05) is 44.2 Å². The second-order valence-corrected chi connectivity index (χ2v) is 7.92. The number of hydrogen-bond acceptors (Lipinski definition) is 6. The molecule has 0 aliphatic carbocycles. The largest absolute Gasteiger partial charge is 0.453 e. The Morgan fingerprint density at radius 2 is 1.67 bits per heavy atom. The predicted octanol–water partition coefficient (Wildman–Crippen LogP) is 3.32. The van der Waals surface area contributed by atoms with Crippen molar-refractivity contribution in [1.82, 2.24) is 9.78 Å². The number of rotatable bonds is 9. The number of ether oxygens (including phenoxy) is 1. The standard InChI is InChI=1S/C25H25N3O5/c1-17(2)14-23(30)26-20-10-8-19(9-11-20)22(29)16-33-25(32)21-12-13-24(31)28(27-21)15-18-6-4-3-5-7-18/h3-13,17H,14-16H2,1-2H3,(H,26,30). The van der Waals surface area contributed by atoms with E-state index in [0.29, 0.717) is 17.7 Å². The molecule has 2 aromatic carbocycles. The Balaban J connectivity index is 1.58. The first kappa shape index (κ1) is 23.6. The minimum absolute atomic E-state index is 0.0680. The van der Waals surface area contributed by atoms with E-state index in [1.807, 2.05) is 44.2 Å². The molecular formula is C25H25N3O5. The molecule has 0 radical (unpaired) electrons. The van der Waals surface area contributed by atoms with Gasteiger partial charge < -0.3 is 10.1 Å². The second-order valence-electron chi connectivity index (χ2n) is 7.92. The quantitative estimate of drug-likeness (QED) is 0.398. The van der Waals surface area contributed by atoms with Gasteiger partial charge in [0.2, 0.25) is 5.91 Å². The monoisotopic (exact) mass is 447 g/mol. The maximum atomic E-state index is 12.4. The second kappa shape index (κ2) is 11.0. The van der Waals surface area contributed by atoms with Crippen molar-refractivity contribution in [2.75, 3.05) is 11.9 Å². The SMILES string of the molecule is CC(C)CC(=O)Nc1ccc(C(=O)COC(=O)c2ccc(=O)n(Cc3ccccc3)n2)cc1. The highest BCUT2D eigenvalue weighted by atomic mass is 16.5. The highest BCUT2D eigenvalue weighted by Gasteiger charge is 2.15. The summed E-state index contributed by atoms with van der Waals surface area (Å²) in [5, 5.41) is 6.82. The van der Waals surface area contributed by atoms with Crippen LogP contribution < -0.4 is 10.9 Å². The van der Waals surface area contributed by atoms with Crippen molar-refractivity contribution >= 4 is 23.3 Å². The Bertz CT molecular complexity index is 1180. The number of anilines is 1. The van der Waals surface area contributed by atoms with E-state index in [2.05, 4.69) is 10.4 Å². The first-order chi connectivity index (χ1) is 15.8. The van der Waals surface area contributed by atoms with Crippen molar-refractivity contribution in [2.24, 2.45) is 5.92 Å². The molecule has 1 heterocycles. The molecule has 0 unspecified atom stereocenters. The van der Waals surface area contributed by atoms with Gasteiger partial charge in [0.15, 0.2) is 18.1 Å². The van der Waals surface area contributed by atoms with Crippen LogP contribution in [0.25, 0.3) is 0 Å². The minimum Gasteiger partial charge on any atom is -0.453 e. The lowest BCUT2D eigenvalue weighted by atomic mass is 10.1. The Labute approximate surface area is 191 Å². The Kier molecular flexibility index (Phi) is 7.86. The van der Waals surface area contributed by atoms with Gasteiger partial charge in [0.1, 0.15) is 0 Å². The van der Waals surface area contributed by atoms with E-state index in [0.717, 1.165) is 5.56 Å². The van der Waals surface area contributed by atoms with Crippen molar-refractivity contribution in [2.45, 2.75) is 26.8 Å². The van der Waals surface area contributed by atoms with Gasteiger partial charge >= 0.3 is 5.97 Å². The number of Topliss-reactive ketones (excluding diaryl/α,β-unsaturated/α-hetero) is 1. The number of amides is 1. The van der Waals surface area contributed by atoms with Gasteiger partial charge in [-0.25, -0.2) is 9.48 Å². The summed E-state index contributed by atoms with van der Waals surface area (Å²) in [6.45, 7) is 3.64. The number of carbonyl (C=O) groups excluding carboxylic acids is 3. The van der Waals surface area contributed by atoms with Gasteiger partial charge in [0.05, 0.1) is 6.54 Å². The highest BCUT2D eigenvalue weighted by molar-refractivity contribution is 5.99. The van der Waals surface area contributed by atoms with Gasteiger partial charge in [0.25, 0.3) is 5.56 Å². The molecule has 3 rings (SSSR count). The molecule has 0 spiro atoms. The van der Waals surface area contributed by atoms with Crippen LogP contribution in [0.3, 0.4) is 0 Å². The molecule has 0 bridgehead atoms. The third kappa shape index (κ3) is 6.96. The number of hydrogen-bond donors (Lipinski definition) is 1. The third-order valence-corrected chi connectivity index (χ3v) is 4.67. The van der Waals surface area contributed by atoms with Crippen molar-refractivity contribution in [3.05, 3.63) is 93.9 Å². The van der Waals surface area contributed by atoms with Gasteiger partial charge in [-0.05, 0) is 41.8 Å². The molecule has 0 atom stereocenters. The van der Waals surface area contributed by atoms with E-state index >= 15 is 0 Å². The smallest absolute Gasteiger partial charge is 0.359 e. The molecule has 0 aliphatic rings. The van der Waals surface area contributed by atoms with Gasteiger partial charge in [0, 0.05) is 23.7 Å². The van der Waals surface area contributed by atoms with E-state index in [4.69, 9.17) is 4.74 Å². The van der Waals surface area contributed by atoms with E-state index in [-0.39, 0.29) is 29.6 Å². The third-order valence-electron chi connectivity index (χ3n) is 4.67. The number of nitrogens with one attached hydrogen (secondary N) is 1. The summed E-state index contributed by atoms with van der Waals surface area (Å²) in [4.78, 5) is 48.6. The minimum atomic E-state index is -0.803. The molecule has 33 heavy (non-hydrogen) atoms. The van der Waals surface area contributed by atoms with E-state index in [9.17, 15) is 19.2 Å². The topological polar surface area (TPSA) is 107 Å². The average molecular weight is 447 g/mol. The van der Waals surface area contributed by atoms with Crippen LogP contribution in [0.4, 0.5) is 5.69 Å². The number of carbonyl (C=O) groups is 3. The number of nitrogens with zero attached hydrogens (tertiary/aromatic N) is 2. The summed E-state index contributed by atoms with van der Waals surface area (Å²) < 4.78 is 6.26. The molecule has 170 valence electrons. The van der Waals surface area contributed by atoms with Crippen molar-refractivity contribution < 1.29 is 19.1 Å². The van der Waals surface area contributed by atoms with Gasteiger partial charge in [-0.15, -0.1) is 0 Å². The zero-order chi connectivity index (χ0) is 23.8. The van der Waals surface area contributed by atoms with Crippen LogP contribution >= 0.6 is 0 Å². The molecule has 8 nitrogen and oxygen atoms in total. The molecule has 1 N–H and O–H groups in total. The molecule has 0 aliphatic heterocycles. The Hall–Kier alpha value is -4.07. The van der Waals surface area contributed by atoms with E-state index in [1.165, 1.54) is 16.8 Å². The average Bonchev–Trinajstić information content (AvgIpc) is 2.79. The van der Waals surface area contributed by atoms with Crippen LogP contribution in [-0.4, -0.2) is 34.0 Å². The lowest BCUT2D eigenvalue weighted by Crippen LogP contribution is -2.26. The summed E-state index contributed by atoms with van der Waals surface area (Å²) in [5.74, 6) is -1.06. The van der Waals surface area contributed by atoms with Crippen LogP contribution in [0.15, 0.2) is 71.5 Å².